The monoisotopic (exact) mass is 447 g/mol. The van der Waals surface area contributed by atoms with E-state index in [0.29, 0.717) is 43.7 Å². The maximum Gasteiger partial charge on any atom is 0.406 e. The summed E-state index contributed by atoms with van der Waals surface area (Å²) in [6.07, 6.45) is 4.75. The molecule has 2 aromatic rings. The van der Waals surface area contributed by atoms with E-state index in [1.54, 1.807) is 0 Å². The highest BCUT2D eigenvalue weighted by atomic mass is 19.1. The van der Waals surface area contributed by atoms with E-state index in [2.05, 4.69) is 20.4 Å². The van der Waals surface area contributed by atoms with Crippen molar-refractivity contribution in [2.24, 2.45) is 0 Å². The molecule has 174 valence electrons. The highest BCUT2D eigenvalue weighted by molar-refractivity contribution is 5.85. The number of ether oxygens (including phenoxy) is 2. The molecule has 10 heteroatoms. The lowest BCUT2D eigenvalue weighted by molar-refractivity contribution is -0.148. The zero-order valence-corrected chi connectivity index (χ0v) is 18.5. The van der Waals surface area contributed by atoms with E-state index in [-0.39, 0.29) is 18.0 Å². The number of aromatic nitrogens is 2. The first-order valence-electron chi connectivity index (χ1n) is 11.1. The summed E-state index contributed by atoms with van der Waals surface area (Å²) in [5.74, 6) is -0.432. The molecule has 0 bridgehead atoms. The predicted molar refractivity (Wildman–Crippen MR) is 116 cm³/mol. The Labute approximate surface area is 186 Å². The summed E-state index contributed by atoms with van der Waals surface area (Å²) >= 11 is 0. The van der Waals surface area contributed by atoms with Crippen LogP contribution in [0.1, 0.15) is 37.8 Å². The second-order valence-corrected chi connectivity index (χ2v) is 8.29. The number of halogens is 1. The lowest BCUT2D eigenvalue weighted by Crippen LogP contribution is -2.50. The lowest BCUT2D eigenvalue weighted by atomic mass is 10.1. The molecular weight excluding hydrogens is 417 g/mol. The van der Waals surface area contributed by atoms with Gasteiger partial charge in [0.25, 0.3) is 5.91 Å². The van der Waals surface area contributed by atoms with Gasteiger partial charge in [-0.1, -0.05) is 0 Å². The number of nitrogens with zero attached hydrogens (tertiary/aromatic N) is 3. The Kier molecular flexibility index (Phi) is 6.90. The Balaban J connectivity index is 1.57. The van der Waals surface area contributed by atoms with Crippen LogP contribution in [-0.4, -0.2) is 71.9 Å². The number of rotatable bonds is 8. The number of amides is 2. The van der Waals surface area contributed by atoms with Crippen LogP contribution in [0.5, 0.6) is 0 Å². The normalized spacial score (nSPS) is 19.5. The first-order valence-corrected chi connectivity index (χ1v) is 11.1. The maximum atomic E-state index is 14.0. The van der Waals surface area contributed by atoms with E-state index >= 15 is 0 Å². The fourth-order valence-electron chi connectivity index (χ4n) is 4.25. The summed E-state index contributed by atoms with van der Waals surface area (Å²) in [6, 6.07) is 1.42. The Hall–Kier alpha value is -2.72. The number of hydrogen-bond acceptors (Lipinski definition) is 6. The molecule has 32 heavy (non-hydrogen) atoms. The van der Waals surface area contributed by atoms with Gasteiger partial charge in [-0.25, -0.2) is 9.18 Å². The number of methoxy groups -OCH3 is 1. The van der Waals surface area contributed by atoms with E-state index < -0.39 is 18.0 Å². The lowest BCUT2D eigenvalue weighted by Gasteiger charge is -2.34. The number of carbonyl (C=O) groups is 2. The number of pyridine rings is 1. The number of aryl methyl sites for hydroxylation is 1. The highest BCUT2D eigenvalue weighted by Crippen LogP contribution is 2.37. The largest absolute Gasteiger partial charge is 0.453 e. The van der Waals surface area contributed by atoms with Crippen LogP contribution < -0.4 is 10.6 Å². The minimum absolute atomic E-state index is 0.0162. The van der Waals surface area contributed by atoms with Crippen molar-refractivity contribution in [2.75, 3.05) is 33.4 Å². The van der Waals surface area contributed by atoms with Crippen molar-refractivity contribution in [3.05, 3.63) is 29.8 Å². The molecule has 2 aromatic heterocycles. The van der Waals surface area contributed by atoms with Gasteiger partial charge < -0.3 is 29.6 Å². The van der Waals surface area contributed by atoms with Crippen molar-refractivity contribution in [2.45, 2.75) is 50.9 Å². The molecule has 2 atom stereocenters. The number of hydrogen-bond donors (Lipinski definition) is 2. The number of carbonyl (C=O) groups excluding carboxylic acids is 2. The standard InChI is InChI=1S/C22H30FN5O4/c1-14(28(16-4-5-16)21(29)19-12-24-7-9-32-19)17-13-27(8-3-6-25-22(30)31-2)18-10-15(23)11-26-20(17)18/h10-11,13-14,16,19,24H,3-9,12H2,1-2H3,(H,25,30)/t14?,19-/m1/s1. The van der Waals surface area contributed by atoms with Crippen molar-refractivity contribution < 1.29 is 23.5 Å². The average Bonchev–Trinajstić information content (AvgIpc) is 3.58. The van der Waals surface area contributed by atoms with Gasteiger partial charge in [-0.2, -0.15) is 0 Å². The molecule has 9 nitrogen and oxygen atoms in total. The average molecular weight is 448 g/mol. The molecule has 2 fully saturated rings. The smallest absolute Gasteiger partial charge is 0.406 e. The van der Waals surface area contributed by atoms with Gasteiger partial charge in [0, 0.05) is 50.0 Å². The number of morpholine rings is 1. The van der Waals surface area contributed by atoms with Crippen molar-refractivity contribution in [3.63, 3.8) is 0 Å². The summed E-state index contributed by atoms with van der Waals surface area (Å²) in [4.78, 5) is 30.9. The van der Waals surface area contributed by atoms with Gasteiger partial charge in [0.05, 0.1) is 37.0 Å². The number of alkyl carbamates (subject to hydrolysis) is 1. The van der Waals surface area contributed by atoms with Crippen LogP contribution in [0.25, 0.3) is 11.0 Å². The van der Waals surface area contributed by atoms with Gasteiger partial charge in [-0.15, -0.1) is 0 Å². The summed E-state index contributed by atoms with van der Waals surface area (Å²) < 4.78 is 26.2. The molecule has 2 amide bonds. The third-order valence-electron chi connectivity index (χ3n) is 6.01. The van der Waals surface area contributed by atoms with E-state index in [9.17, 15) is 14.0 Å². The molecule has 1 saturated carbocycles. The van der Waals surface area contributed by atoms with Gasteiger partial charge in [0.15, 0.2) is 0 Å². The number of fused-ring (bicyclic) bond motifs is 1. The molecule has 1 aliphatic heterocycles. The van der Waals surface area contributed by atoms with Gasteiger partial charge >= 0.3 is 6.09 Å². The summed E-state index contributed by atoms with van der Waals surface area (Å²) in [7, 11) is 1.32. The molecule has 2 N–H and O–H groups in total. The van der Waals surface area contributed by atoms with Crippen molar-refractivity contribution in [3.8, 4) is 0 Å². The summed E-state index contributed by atoms with van der Waals surface area (Å²) in [6.45, 7) is 4.76. The molecule has 3 heterocycles. The minimum atomic E-state index is -0.491. The second-order valence-electron chi connectivity index (χ2n) is 8.29. The van der Waals surface area contributed by atoms with Crippen LogP contribution in [0, 0.1) is 5.82 Å². The molecule has 0 aromatic carbocycles. The van der Waals surface area contributed by atoms with Crippen LogP contribution >= 0.6 is 0 Å². The predicted octanol–water partition coefficient (Wildman–Crippen LogP) is 1.96. The first kappa shape index (κ1) is 22.5. The van der Waals surface area contributed by atoms with Crippen LogP contribution in [0.3, 0.4) is 0 Å². The highest BCUT2D eigenvalue weighted by Gasteiger charge is 2.40. The minimum Gasteiger partial charge on any atom is -0.453 e. The third kappa shape index (κ3) is 4.86. The Morgan fingerprint density at radius 2 is 2.28 bits per heavy atom. The Bertz CT molecular complexity index is 971. The zero-order valence-electron chi connectivity index (χ0n) is 18.5. The van der Waals surface area contributed by atoms with E-state index in [1.165, 1.54) is 19.4 Å². The van der Waals surface area contributed by atoms with E-state index in [4.69, 9.17) is 4.74 Å². The fourth-order valence-corrected chi connectivity index (χ4v) is 4.25. The topological polar surface area (TPSA) is 97.7 Å². The van der Waals surface area contributed by atoms with E-state index in [1.807, 2.05) is 22.6 Å². The van der Waals surface area contributed by atoms with Crippen LogP contribution in [0.4, 0.5) is 9.18 Å². The molecule has 1 saturated heterocycles. The molecular formula is C22H30FN5O4. The summed E-state index contributed by atoms with van der Waals surface area (Å²) in [5, 5.41) is 5.87. The SMILES string of the molecule is COC(=O)NCCCn1cc(C(C)N(C(=O)[C@H]2CNCCO2)C2CC2)c2ncc(F)cc21. The fraction of sp³-hybridized carbons (Fsp3) is 0.591. The number of nitrogens with one attached hydrogen (secondary N) is 2. The second kappa shape index (κ2) is 9.83. The summed E-state index contributed by atoms with van der Waals surface area (Å²) in [5.41, 5.74) is 2.23. The van der Waals surface area contributed by atoms with Crippen molar-refractivity contribution in [1.82, 2.24) is 25.1 Å². The van der Waals surface area contributed by atoms with Crippen LogP contribution in [0.15, 0.2) is 18.5 Å². The Morgan fingerprint density at radius 1 is 1.47 bits per heavy atom. The van der Waals surface area contributed by atoms with Gasteiger partial charge in [-0.05, 0) is 26.2 Å². The molecule has 0 spiro atoms. The quantitative estimate of drug-likeness (QED) is 0.601. The molecule has 2 aliphatic rings. The first-order chi connectivity index (χ1) is 15.5. The van der Waals surface area contributed by atoms with Crippen LogP contribution in [0.2, 0.25) is 0 Å². The molecule has 1 unspecified atom stereocenters. The van der Waals surface area contributed by atoms with Crippen molar-refractivity contribution >= 4 is 23.0 Å². The molecule has 0 radical (unpaired) electrons. The zero-order chi connectivity index (χ0) is 22.7. The molecule has 1 aliphatic carbocycles. The molecule has 4 rings (SSSR count). The van der Waals surface area contributed by atoms with Gasteiger partial charge in [0.2, 0.25) is 0 Å². The van der Waals surface area contributed by atoms with Gasteiger partial charge in [0.1, 0.15) is 11.9 Å². The maximum absolute atomic E-state index is 14.0. The van der Waals surface area contributed by atoms with E-state index in [0.717, 1.165) is 24.9 Å². The van der Waals surface area contributed by atoms with Gasteiger partial charge in [-0.3, -0.25) is 9.78 Å². The Morgan fingerprint density at radius 3 is 2.97 bits per heavy atom. The van der Waals surface area contributed by atoms with Crippen molar-refractivity contribution in [1.29, 1.82) is 0 Å². The van der Waals surface area contributed by atoms with Crippen LogP contribution in [-0.2, 0) is 20.8 Å². The third-order valence-corrected chi connectivity index (χ3v) is 6.01.